The van der Waals surface area contributed by atoms with E-state index in [1.165, 1.54) is 12.8 Å². The second-order valence-corrected chi connectivity index (χ2v) is 5.72. The van der Waals surface area contributed by atoms with E-state index in [2.05, 4.69) is 30.3 Å². The van der Waals surface area contributed by atoms with Crippen molar-refractivity contribution in [2.24, 2.45) is 0 Å². The molecule has 106 valence electrons. The van der Waals surface area contributed by atoms with Gasteiger partial charge < -0.3 is 4.42 Å². The summed E-state index contributed by atoms with van der Waals surface area (Å²) in [7, 11) is 0. The predicted octanol–water partition coefficient (Wildman–Crippen LogP) is 1.71. The molecule has 7 nitrogen and oxygen atoms in total. The van der Waals surface area contributed by atoms with Crippen molar-refractivity contribution in [3.8, 4) is 0 Å². The van der Waals surface area contributed by atoms with Gasteiger partial charge in [-0.25, -0.2) is 4.98 Å². The highest BCUT2D eigenvalue weighted by Gasteiger charge is 2.32. The number of H-pyrrole nitrogens is 1. The molecule has 2 aromatic heterocycles. The number of rotatable bonds is 4. The second kappa shape index (κ2) is 4.66. The average Bonchev–Trinajstić information content (AvgIpc) is 2.86. The molecule has 1 N–H and O–H groups in total. The topological polar surface area (TPSA) is 83.7 Å². The molecular formula is C13H18N6O. The van der Waals surface area contributed by atoms with E-state index < -0.39 is 0 Å². The third-order valence-electron chi connectivity index (χ3n) is 4.02. The number of aryl methyl sites for hydroxylation is 1. The van der Waals surface area contributed by atoms with Gasteiger partial charge in [0, 0.05) is 5.92 Å². The van der Waals surface area contributed by atoms with Crippen LogP contribution >= 0.6 is 0 Å². The van der Waals surface area contributed by atoms with Crippen LogP contribution in [0.2, 0.25) is 0 Å². The van der Waals surface area contributed by atoms with E-state index in [0.29, 0.717) is 18.4 Å². The van der Waals surface area contributed by atoms with Crippen molar-refractivity contribution in [2.75, 3.05) is 6.54 Å². The van der Waals surface area contributed by atoms with Crippen LogP contribution in [0.25, 0.3) is 0 Å². The van der Waals surface area contributed by atoms with Gasteiger partial charge in [-0.3, -0.25) is 10.00 Å². The fourth-order valence-corrected chi connectivity index (χ4v) is 2.82. The van der Waals surface area contributed by atoms with Crippen LogP contribution in [0.4, 0.5) is 0 Å². The lowest BCUT2D eigenvalue weighted by Crippen LogP contribution is -2.23. The quantitative estimate of drug-likeness (QED) is 0.913. The summed E-state index contributed by atoms with van der Waals surface area (Å²) in [6, 6.07) is 0.260. The van der Waals surface area contributed by atoms with E-state index in [0.717, 1.165) is 36.9 Å². The van der Waals surface area contributed by atoms with Crippen LogP contribution in [0.15, 0.2) is 4.42 Å². The van der Waals surface area contributed by atoms with E-state index in [1.54, 1.807) is 0 Å². The Morgan fingerprint density at radius 2 is 2.20 bits per heavy atom. The van der Waals surface area contributed by atoms with Gasteiger partial charge in [0.05, 0.1) is 12.6 Å². The smallest absolute Gasteiger partial charge is 0.230 e. The highest BCUT2D eigenvalue weighted by Crippen LogP contribution is 2.39. The molecule has 1 aliphatic heterocycles. The maximum absolute atomic E-state index is 5.75. The maximum Gasteiger partial charge on any atom is 0.230 e. The Morgan fingerprint density at radius 3 is 2.95 bits per heavy atom. The Balaban J connectivity index is 1.48. The minimum atomic E-state index is 0.260. The third kappa shape index (κ3) is 2.22. The van der Waals surface area contributed by atoms with Crippen LogP contribution in [0.3, 0.4) is 0 Å². The van der Waals surface area contributed by atoms with Crippen LogP contribution < -0.4 is 0 Å². The summed E-state index contributed by atoms with van der Waals surface area (Å²) in [5.74, 6) is 3.78. The summed E-state index contributed by atoms with van der Waals surface area (Å²) in [6.07, 6.45) is 4.61. The highest BCUT2D eigenvalue weighted by molar-refractivity contribution is 5.02. The van der Waals surface area contributed by atoms with Crippen molar-refractivity contribution in [3.63, 3.8) is 0 Å². The van der Waals surface area contributed by atoms with Crippen LogP contribution in [0, 0.1) is 6.92 Å². The van der Waals surface area contributed by atoms with E-state index in [4.69, 9.17) is 4.42 Å². The van der Waals surface area contributed by atoms with Crippen LogP contribution in [-0.2, 0) is 6.54 Å². The summed E-state index contributed by atoms with van der Waals surface area (Å²) in [5.41, 5.74) is 0. The number of nitrogens with one attached hydrogen (secondary N) is 1. The summed E-state index contributed by atoms with van der Waals surface area (Å²) in [6.45, 7) is 3.65. The van der Waals surface area contributed by atoms with Crippen molar-refractivity contribution in [1.29, 1.82) is 0 Å². The summed E-state index contributed by atoms with van der Waals surface area (Å²) in [5, 5.41) is 15.5. The molecule has 1 saturated carbocycles. The van der Waals surface area contributed by atoms with Gasteiger partial charge in [0.25, 0.3) is 0 Å². The fourth-order valence-electron chi connectivity index (χ4n) is 2.82. The molecule has 1 saturated heterocycles. The molecule has 1 aliphatic carbocycles. The third-order valence-corrected chi connectivity index (χ3v) is 4.02. The van der Waals surface area contributed by atoms with Crippen molar-refractivity contribution in [2.45, 2.75) is 51.1 Å². The van der Waals surface area contributed by atoms with Gasteiger partial charge in [0.1, 0.15) is 5.82 Å². The minimum absolute atomic E-state index is 0.260. The largest absolute Gasteiger partial charge is 0.424 e. The molecule has 0 bridgehead atoms. The van der Waals surface area contributed by atoms with Crippen LogP contribution in [0.5, 0.6) is 0 Å². The lowest BCUT2D eigenvalue weighted by molar-refractivity contribution is 0.214. The van der Waals surface area contributed by atoms with E-state index in [1.807, 2.05) is 6.92 Å². The molecule has 0 radical (unpaired) electrons. The highest BCUT2D eigenvalue weighted by atomic mass is 16.4. The molecule has 20 heavy (non-hydrogen) atoms. The first kappa shape index (κ1) is 12.0. The molecule has 2 aliphatic rings. The first-order chi connectivity index (χ1) is 9.79. The predicted molar refractivity (Wildman–Crippen MR) is 69.8 cm³/mol. The molecule has 2 fully saturated rings. The molecule has 0 aromatic carbocycles. The fraction of sp³-hybridized carbons (Fsp3) is 0.692. The van der Waals surface area contributed by atoms with Crippen LogP contribution in [-0.4, -0.2) is 36.8 Å². The SMILES string of the molecule is Cc1nc([C@@H]2CCCN2Cc2nnc(C3CC3)o2)n[nH]1. The monoisotopic (exact) mass is 274 g/mol. The average molecular weight is 274 g/mol. The zero-order valence-corrected chi connectivity index (χ0v) is 11.5. The first-order valence-corrected chi connectivity index (χ1v) is 7.25. The Kier molecular flexibility index (Phi) is 2.80. The summed E-state index contributed by atoms with van der Waals surface area (Å²) < 4.78 is 5.75. The molecule has 3 heterocycles. The van der Waals surface area contributed by atoms with Crippen molar-refractivity contribution in [1.82, 2.24) is 30.3 Å². The number of hydrogen-bond acceptors (Lipinski definition) is 6. The zero-order valence-electron chi connectivity index (χ0n) is 11.5. The Labute approximate surface area is 116 Å². The van der Waals surface area contributed by atoms with Crippen molar-refractivity contribution in [3.05, 3.63) is 23.4 Å². The van der Waals surface area contributed by atoms with E-state index in [9.17, 15) is 0 Å². The Hall–Kier alpha value is -1.76. The molecule has 7 heteroatoms. The lowest BCUT2D eigenvalue weighted by Gasteiger charge is -2.19. The molecule has 0 unspecified atom stereocenters. The molecular weight excluding hydrogens is 256 g/mol. The minimum Gasteiger partial charge on any atom is -0.424 e. The molecule has 2 aromatic rings. The maximum atomic E-state index is 5.75. The van der Waals surface area contributed by atoms with Gasteiger partial charge in [-0.2, -0.15) is 5.10 Å². The van der Waals surface area contributed by atoms with Gasteiger partial charge in [0.15, 0.2) is 5.82 Å². The number of aromatic amines is 1. The normalized spacial score (nSPS) is 23.6. The van der Waals surface area contributed by atoms with E-state index in [-0.39, 0.29) is 6.04 Å². The lowest BCUT2D eigenvalue weighted by atomic mass is 10.2. The molecule has 1 atom stereocenters. The van der Waals surface area contributed by atoms with Gasteiger partial charge >= 0.3 is 0 Å². The zero-order chi connectivity index (χ0) is 13.5. The van der Waals surface area contributed by atoms with Gasteiger partial charge in [0.2, 0.25) is 11.8 Å². The van der Waals surface area contributed by atoms with Gasteiger partial charge in [-0.15, -0.1) is 10.2 Å². The van der Waals surface area contributed by atoms with E-state index >= 15 is 0 Å². The van der Waals surface area contributed by atoms with Crippen molar-refractivity contribution >= 4 is 0 Å². The number of aromatic nitrogens is 5. The second-order valence-electron chi connectivity index (χ2n) is 5.72. The van der Waals surface area contributed by atoms with Gasteiger partial charge in [-0.1, -0.05) is 0 Å². The summed E-state index contributed by atoms with van der Waals surface area (Å²) >= 11 is 0. The number of nitrogens with zero attached hydrogens (tertiary/aromatic N) is 5. The van der Waals surface area contributed by atoms with Crippen LogP contribution in [0.1, 0.15) is 61.1 Å². The number of hydrogen-bond donors (Lipinski definition) is 1. The molecule has 0 amide bonds. The number of likely N-dealkylation sites (tertiary alicyclic amines) is 1. The van der Waals surface area contributed by atoms with Crippen molar-refractivity contribution < 1.29 is 4.42 Å². The standard InChI is InChI=1S/C13H18N6O/c1-8-14-12(17-15-8)10-3-2-6-19(10)7-11-16-18-13(20-11)9-4-5-9/h9-10H,2-7H2,1H3,(H,14,15,17)/t10-/m0/s1. The molecule has 0 spiro atoms. The Bertz CT molecular complexity index is 602. The molecule has 4 rings (SSSR count). The Morgan fingerprint density at radius 1 is 1.30 bits per heavy atom. The van der Waals surface area contributed by atoms with Gasteiger partial charge in [-0.05, 0) is 39.2 Å². The first-order valence-electron chi connectivity index (χ1n) is 7.25. The summed E-state index contributed by atoms with van der Waals surface area (Å²) in [4.78, 5) is 6.78.